The van der Waals surface area contributed by atoms with Crippen molar-refractivity contribution in [1.29, 1.82) is 0 Å². The van der Waals surface area contributed by atoms with E-state index in [0.717, 1.165) is 17.8 Å². The number of hydrogen-bond donors (Lipinski definition) is 1. The molecule has 0 aliphatic carbocycles. The summed E-state index contributed by atoms with van der Waals surface area (Å²) in [5, 5.41) is 6.26. The highest BCUT2D eigenvalue weighted by molar-refractivity contribution is 7.13. The van der Waals surface area contributed by atoms with Gasteiger partial charge in [0.1, 0.15) is 0 Å². The van der Waals surface area contributed by atoms with Crippen molar-refractivity contribution in [3.63, 3.8) is 0 Å². The van der Waals surface area contributed by atoms with Gasteiger partial charge in [0.2, 0.25) is 5.13 Å². The summed E-state index contributed by atoms with van der Waals surface area (Å²) in [6, 6.07) is 3.60. The predicted molar refractivity (Wildman–Crippen MR) is 75.7 cm³/mol. The maximum absolute atomic E-state index is 13.1. The van der Waals surface area contributed by atoms with Gasteiger partial charge in [0.05, 0.1) is 11.9 Å². The van der Waals surface area contributed by atoms with E-state index >= 15 is 0 Å². The molecule has 1 N–H and O–H groups in total. The van der Waals surface area contributed by atoms with Gasteiger partial charge in [0.25, 0.3) is 0 Å². The molecule has 3 rings (SSSR count). The lowest BCUT2D eigenvalue weighted by molar-refractivity contribution is -0.391. The number of aryl methyl sites for hydroxylation is 1. The molecule has 122 valence electrons. The van der Waals surface area contributed by atoms with Gasteiger partial charge in [-0.1, -0.05) is 0 Å². The van der Waals surface area contributed by atoms with E-state index in [-0.39, 0.29) is 0 Å². The number of ether oxygens (including phenoxy) is 2. The Morgan fingerprint density at radius 3 is 2.52 bits per heavy atom. The average molecular weight is 347 g/mol. The first-order chi connectivity index (χ1) is 10.8. The summed E-state index contributed by atoms with van der Waals surface area (Å²) in [6.07, 6.45) is -8.16. The standard InChI is InChI=1S/C13H9F4N3O2S/c1-7-6-23-11(19-7)20-18-5-8-2-3-9-10(4-8)22-13(16,17)12(14,15)21-9/h2-6H,1H3,(H,19,20). The largest absolute Gasteiger partial charge is 0.507 e. The van der Waals surface area contributed by atoms with Gasteiger partial charge in [-0.25, -0.2) is 4.98 Å². The Kier molecular flexibility index (Phi) is 3.63. The number of benzene rings is 1. The van der Waals surface area contributed by atoms with Crippen LogP contribution in [0.25, 0.3) is 0 Å². The van der Waals surface area contributed by atoms with Crippen LogP contribution in [0.2, 0.25) is 0 Å². The molecule has 23 heavy (non-hydrogen) atoms. The van der Waals surface area contributed by atoms with Gasteiger partial charge < -0.3 is 9.47 Å². The number of thiazole rings is 1. The molecule has 1 aromatic heterocycles. The van der Waals surface area contributed by atoms with Crippen molar-refractivity contribution < 1.29 is 27.0 Å². The van der Waals surface area contributed by atoms with Gasteiger partial charge in [0, 0.05) is 5.38 Å². The minimum absolute atomic E-state index is 0.356. The van der Waals surface area contributed by atoms with Gasteiger partial charge in [-0.3, -0.25) is 5.43 Å². The van der Waals surface area contributed by atoms with Gasteiger partial charge in [-0.15, -0.1) is 11.3 Å². The number of hydrogen-bond acceptors (Lipinski definition) is 6. The molecule has 0 bridgehead atoms. The highest BCUT2D eigenvalue weighted by Crippen LogP contribution is 2.46. The summed E-state index contributed by atoms with van der Waals surface area (Å²) in [4.78, 5) is 4.11. The van der Waals surface area contributed by atoms with Crippen molar-refractivity contribution >= 4 is 22.7 Å². The minimum Gasteiger partial charge on any atom is -0.421 e. The number of aromatic nitrogens is 1. The Balaban J connectivity index is 1.76. The van der Waals surface area contributed by atoms with Crippen LogP contribution in [0.15, 0.2) is 28.7 Å². The van der Waals surface area contributed by atoms with Crippen molar-refractivity contribution in [2.45, 2.75) is 19.1 Å². The number of nitrogens with zero attached hydrogens (tertiary/aromatic N) is 2. The van der Waals surface area contributed by atoms with Crippen LogP contribution in [0.5, 0.6) is 11.5 Å². The van der Waals surface area contributed by atoms with Crippen LogP contribution in [0.1, 0.15) is 11.3 Å². The molecule has 1 aromatic carbocycles. The van der Waals surface area contributed by atoms with Crippen molar-refractivity contribution in [2.24, 2.45) is 5.10 Å². The van der Waals surface area contributed by atoms with Crippen molar-refractivity contribution in [2.75, 3.05) is 5.43 Å². The molecule has 5 nitrogen and oxygen atoms in total. The number of rotatable bonds is 3. The molecular weight excluding hydrogens is 338 g/mol. The molecule has 0 unspecified atom stereocenters. The van der Waals surface area contributed by atoms with Crippen LogP contribution in [0.3, 0.4) is 0 Å². The molecule has 10 heteroatoms. The second-order valence-electron chi connectivity index (χ2n) is 4.61. The molecule has 1 aliphatic rings. The normalized spacial score (nSPS) is 18.1. The molecular formula is C13H9F4N3O2S. The van der Waals surface area contributed by atoms with Crippen LogP contribution >= 0.6 is 11.3 Å². The van der Waals surface area contributed by atoms with E-state index in [2.05, 4.69) is 25.0 Å². The van der Waals surface area contributed by atoms with Crippen LogP contribution < -0.4 is 14.9 Å². The monoisotopic (exact) mass is 347 g/mol. The maximum atomic E-state index is 13.1. The topological polar surface area (TPSA) is 55.7 Å². The fourth-order valence-corrected chi connectivity index (χ4v) is 2.37. The Morgan fingerprint density at radius 2 is 1.87 bits per heavy atom. The highest BCUT2D eigenvalue weighted by Gasteiger charge is 2.65. The fraction of sp³-hybridized carbons (Fsp3) is 0.231. The Labute approximate surface area is 131 Å². The van der Waals surface area contributed by atoms with Crippen molar-refractivity contribution in [3.8, 4) is 11.5 Å². The summed E-state index contributed by atoms with van der Waals surface area (Å²) in [5.74, 6) is -0.962. The van der Waals surface area contributed by atoms with Crippen LogP contribution in [0, 0.1) is 6.92 Å². The third-order valence-electron chi connectivity index (χ3n) is 2.78. The average Bonchev–Trinajstić information content (AvgIpc) is 2.85. The molecule has 0 radical (unpaired) electrons. The van der Waals surface area contributed by atoms with E-state index in [9.17, 15) is 17.6 Å². The second-order valence-corrected chi connectivity index (χ2v) is 5.47. The molecule has 0 saturated heterocycles. The zero-order valence-corrected chi connectivity index (χ0v) is 12.3. The molecule has 0 saturated carbocycles. The molecule has 2 heterocycles. The number of nitrogens with one attached hydrogen (secondary N) is 1. The lowest BCUT2D eigenvalue weighted by Crippen LogP contribution is -2.52. The van der Waals surface area contributed by atoms with Gasteiger partial charge in [-0.2, -0.15) is 22.7 Å². The molecule has 0 spiro atoms. The number of fused-ring (bicyclic) bond motifs is 1. The Morgan fingerprint density at radius 1 is 1.17 bits per heavy atom. The second kappa shape index (κ2) is 5.37. The number of hydrazone groups is 1. The first-order valence-corrected chi connectivity index (χ1v) is 7.14. The lowest BCUT2D eigenvalue weighted by Gasteiger charge is -2.31. The van der Waals surface area contributed by atoms with E-state index < -0.39 is 23.7 Å². The van der Waals surface area contributed by atoms with Gasteiger partial charge in [0.15, 0.2) is 11.5 Å². The quantitative estimate of drug-likeness (QED) is 0.520. The van der Waals surface area contributed by atoms with Crippen LogP contribution in [-0.2, 0) is 0 Å². The van der Waals surface area contributed by atoms with Gasteiger partial charge in [-0.05, 0) is 30.7 Å². The molecule has 0 atom stereocenters. The summed E-state index contributed by atoms with van der Waals surface area (Å²) in [7, 11) is 0. The number of anilines is 1. The minimum atomic E-state index is -4.74. The first kappa shape index (κ1) is 15.5. The van der Waals surface area contributed by atoms with Crippen LogP contribution in [0.4, 0.5) is 22.7 Å². The van der Waals surface area contributed by atoms with Crippen molar-refractivity contribution in [1.82, 2.24) is 4.98 Å². The zero-order valence-electron chi connectivity index (χ0n) is 11.5. The predicted octanol–water partition coefficient (Wildman–Crippen LogP) is 3.85. The maximum Gasteiger partial charge on any atom is 0.507 e. The highest BCUT2D eigenvalue weighted by atomic mass is 32.1. The van der Waals surface area contributed by atoms with E-state index in [4.69, 9.17) is 0 Å². The number of halogens is 4. The summed E-state index contributed by atoms with van der Waals surface area (Å²) in [6.45, 7) is 1.82. The summed E-state index contributed by atoms with van der Waals surface area (Å²) >= 11 is 1.34. The van der Waals surface area contributed by atoms with Gasteiger partial charge >= 0.3 is 12.2 Å². The summed E-state index contributed by atoms with van der Waals surface area (Å²) < 4.78 is 60.3. The van der Waals surface area contributed by atoms with E-state index in [1.54, 1.807) is 0 Å². The Bertz CT molecular complexity index is 763. The molecule has 0 fully saturated rings. The third kappa shape index (κ3) is 3.07. The molecule has 2 aromatic rings. The van der Waals surface area contributed by atoms with Crippen molar-refractivity contribution in [3.05, 3.63) is 34.8 Å². The first-order valence-electron chi connectivity index (χ1n) is 6.26. The van der Waals surface area contributed by atoms with Crippen LogP contribution in [-0.4, -0.2) is 23.4 Å². The van der Waals surface area contributed by atoms with E-state index in [1.807, 2.05) is 12.3 Å². The zero-order chi connectivity index (χ0) is 16.7. The Hall–Kier alpha value is -2.36. The van der Waals surface area contributed by atoms with E-state index in [1.165, 1.54) is 23.6 Å². The fourth-order valence-electron chi connectivity index (χ4n) is 1.73. The number of alkyl halides is 4. The smallest absolute Gasteiger partial charge is 0.421 e. The van der Waals surface area contributed by atoms with E-state index in [0.29, 0.717) is 10.7 Å². The molecule has 1 aliphatic heterocycles. The third-order valence-corrected chi connectivity index (χ3v) is 3.64. The lowest BCUT2D eigenvalue weighted by atomic mass is 10.2. The summed E-state index contributed by atoms with van der Waals surface area (Å²) in [5.41, 5.74) is 3.84. The molecule has 0 amide bonds. The SMILES string of the molecule is Cc1csc(NN=Cc2ccc3c(c2)OC(F)(F)C(F)(F)O3)n1.